The molecule has 12 nitrogen and oxygen atoms in total. The van der Waals surface area contributed by atoms with Crippen molar-refractivity contribution in [2.24, 2.45) is 5.73 Å². The Morgan fingerprint density at radius 3 is 2.64 bits per heavy atom. The van der Waals surface area contributed by atoms with Crippen LogP contribution in [0.25, 0.3) is 22.2 Å². The van der Waals surface area contributed by atoms with Gasteiger partial charge in [0.1, 0.15) is 24.6 Å². The van der Waals surface area contributed by atoms with E-state index >= 15 is 0 Å². The Morgan fingerprint density at radius 1 is 1.11 bits per heavy atom. The second-order valence-corrected chi connectivity index (χ2v) is 11.1. The first-order valence-corrected chi connectivity index (χ1v) is 14.6. The van der Waals surface area contributed by atoms with Gasteiger partial charge in [0.15, 0.2) is 11.5 Å². The maximum atomic E-state index is 14.7. The molecule has 1 aliphatic heterocycles. The molecule has 0 radical (unpaired) electrons. The van der Waals surface area contributed by atoms with E-state index in [9.17, 15) is 23.2 Å². The Bertz CT molecular complexity index is 2090. The molecular formula is C32H24ClF2N9O3. The maximum absolute atomic E-state index is 14.7. The lowest BCUT2D eigenvalue weighted by Crippen LogP contribution is -2.44. The molecule has 2 unspecified atom stereocenters. The zero-order chi connectivity index (χ0) is 33.2. The number of carbonyl (C=O) groups is 3. The molecule has 1 saturated heterocycles. The molecule has 47 heavy (non-hydrogen) atoms. The molecule has 6 rings (SSSR count). The van der Waals surface area contributed by atoms with Gasteiger partial charge in [0.25, 0.3) is 5.91 Å². The predicted molar refractivity (Wildman–Crippen MR) is 167 cm³/mol. The summed E-state index contributed by atoms with van der Waals surface area (Å²) in [4.78, 5) is 56.7. The molecular weight excluding hydrogens is 632 g/mol. The lowest BCUT2D eigenvalue weighted by molar-refractivity contribution is -0.137. The van der Waals surface area contributed by atoms with E-state index in [1.54, 1.807) is 30.6 Å². The summed E-state index contributed by atoms with van der Waals surface area (Å²) in [5.74, 6) is 3.27. The van der Waals surface area contributed by atoms with Gasteiger partial charge in [-0.25, -0.2) is 23.7 Å². The van der Waals surface area contributed by atoms with Crippen LogP contribution in [0.2, 0.25) is 5.02 Å². The van der Waals surface area contributed by atoms with Crippen molar-refractivity contribution >= 4 is 46.0 Å². The molecule has 3 aromatic heterocycles. The fourth-order valence-electron chi connectivity index (χ4n) is 5.17. The number of benzene rings is 2. The summed E-state index contributed by atoms with van der Waals surface area (Å²) in [5, 5.41) is 7.24. The van der Waals surface area contributed by atoms with Crippen LogP contribution in [0.1, 0.15) is 33.9 Å². The summed E-state index contributed by atoms with van der Waals surface area (Å²) in [5.41, 5.74) is 7.38. The summed E-state index contributed by atoms with van der Waals surface area (Å²) >= 11 is 6.14. The van der Waals surface area contributed by atoms with Crippen molar-refractivity contribution in [1.82, 2.24) is 34.6 Å². The van der Waals surface area contributed by atoms with E-state index in [1.807, 2.05) is 6.92 Å². The molecule has 2 aromatic carbocycles. The second kappa shape index (κ2) is 12.9. The van der Waals surface area contributed by atoms with Gasteiger partial charge in [0.05, 0.1) is 40.7 Å². The molecule has 1 aliphatic rings. The first-order valence-electron chi connectivity index (χ1n) is 14.2. The van der Waals surface area contributed by atoms with Crippen LogP contribution < -0.4 is 11.1 Å². The maximum Gasteiger partial charge on any atom is 0.269 e. The van der Waals surface area contributed by atoms with E-state index in [-0.39, 0.29) is 40.8 Å². The third-order valence-electron chi connectivity index (χ3n) is 7.35. The first kappa shape index (κ1) is 31.2. The number of hydrogen-bond acceptors (Lipinski definition) is 8. The highest BCUT2D eigenvalue weighted by atomic mass is 35.5. The second-order valence-electron chi connectivity index (χ2n) is 10.7. The number of likely N-dealkylation sites (tertiary alicyclic amines) is 1. The molecule has 236 valence electrons. The Balaban J connectivity index is 1.22. The fraction of sp³-hybridized carbons (Fsp3) is 0.188. The molecule has 0 saturated carbocycles. The number of aryl methyl sites for hydroxylation is 1. The highest BCUT2D eigenvalue weighted by Gasteiger charge is 2.40. The topological polar surface area (TPSA) is 162 Å². The molecule has 1 fully saturated rings. The van der Waals surface area contributed by atoms with E-state index in [0.29, 0.717) is 22.3 Å². The Labute approximate surface area is 271 Å². The van der Waals surface area contributed by atoms with Gasteiger partial charge < -0.3 is 16.0 Å². The van der Waals surface area contributed by atoms with Crippen molar-refractivity contribution in [1.29, 1.82) is 0 Å². The molecule has 0 aliphatic carbocycles. The van der Waals surface area contributed by atoms with Crippen molar-refractivity contribution < 1.29 is 23.2 Å². The van der Waals surface area contributed by atoms with Crippen molar-refractivity contribution in [3.05, 3.63) is 94.7 Å². The lowest BCUT2D eigenvalue weighted by atomic mass is 10.1. The molecule has 3 amide bonds. The number of rotatable bonds is 6. The molecule has 3 N–H and O–H groups in total. The minimum absolute atomic E-state index is 0.000450. The summed E-state index contributed by atoms with van der Waals surface area (Å²) in [7, 11) is 0. The van der Waals surface area contributed by atoms with Crippen LogP contribution in [0.4, 0.5) is 14.6 Å². The number of nitrogens with zero attached hydrogens (tertiary/aromatic N) is 7. The average Bonchev–Trinajstić information content (AvgIpc) is 3.61. The van der Waals surface area contributed by atoms with Crippen LogP contribution in [0.5, 0.6) is 0 Å². The van der Waals surface area contributed by atoms with Crippen LogP contribution >= 0.6 is 11.6 Å². The third-order valence-corrected chi connectivity index (χ3v) is 7.66. The van der Waals surface area contributed by atoms with Crippen molar-refractivity contribution in [2.45, 2.75) is 32.1 Å². The third kappa shape index (κ3) is 6.61. The predicted octanol–water partition coefficient (Wildman–Crippen LogP) is 3.46. The lowest BCUT2D eigenvalue weighted by Gasteiger charge is -2.23. The highest BCUT2D eigenvalue weighted by Crippen LogP contribution is 2.30. The quantitative estimate of drug-likeness (QED) is 0.263. The SMILES string of the molecule is Cc1cnc(C#Cc2ccc3c(c2)c(C(N)=O)nn3CC(=O)N2CC(F)CC2C(=O)Nc2cncc(-c3c(F)cccc3Cl)n2)nc1. The normalized spacial score (nSPS) is 15.7. The number of alkyl halides is 1. The van der Waals surface area contributed by atoms with Gasteiger partial charge >= 0.3 is 0 Å². The Hall–Kier alpha value is -5.81. The minimum atomic E-state index is -1.47. The monoisotopic (exact) mass is 655 g/mol. The van der Waals surface area contributed by atoms with Gasteiger partial charge in [0, 0.05) is 29.8 Å². The summed E-state index contributed by atoms with van der Waals surface area (Å²) < 4.78 is 30.4. The van der Waals surface area contributed by atoms with E-state index < -0.39 is 42.3 Å². The number of halogens is 3. The van der Waals surface area contributed by atoms with Crippen LogP contribution in [-0.2, 0) is 16.1 Å². The standard InChI is InChI=1S/C32H24ClF2N9O3/c1-17-11-38-26(39-12-17)8-6-18-5-7-24-20(9-18)30(31(36)46)42-44(24)16-28(45)43-15-19(34)10-25(43)32(47)41-27-14-37-13-23(40-27)29-21(33)3-2-4-22(29)35/h2-5,7,9,11-14,19,25H,10,15-16H2,1H3,(H2,36,46)(H,40,41,47). The number of anilines is 1. The molecule has 0 spiro atoms. The number of fused-ring (bicyclic) bond motifs is 1. The number of nitrogens with one attached hydrogen (secondary N) is 1. The zero-order valence-corrected chi connectivity index (χ0v) is 25.4. The van der Waals surface area contributed by atoms with Gasteiger partial charge in [-0.05, 0) is 48.7 Å². The van der Waals surface area contributed by atoms with Gasteiger partial charge in [-0.1, -0.05) is 23.6 Å². The average molecular weight is 656 g/mol. The van der Waals surface area contributed by atoms with E-state index in [1.165, 1.54) is 35.3 Å². The summed E-state index contributed by atoms with van der Waals surface area (Å²) in [6, 6.07) is 7.85. The summed E-state index contributed by atoms with van der Waals surface area (Å²) in [6.45, 7) is 1.11. The van der Waals surface area contributed by atoms with Crippen LogP contribution in [0.3, 0.4) is 0 Å². The first-order chi connectivity index (χ1) is 22.6. The molecule has 4 heterocycles. The van der Waals surface area contributed by atoms with Crippen LogP contribution in [0.15, 0.2) is 61.2 Å². The number of nitrogens with two attached hydrogens (primary N) is 1. The molecule has 0 bridgehead atoms. The zero-order valence-electron chi connectivity index (χ0n) is 24.6. The van der Waals surface area contributed by atoms with Crippen molar-refractivity contribution in [2.75, 3.05) is 11.9 Å². The van der Waals surface area contributed by atoms with Gasteiger partial charge in [0.2, 0.25) is 17.6 Å². The molecule has 5 aromatic rings. The molecule has 2 atom stereocenters. The number of primary amides is 1. The van der Waals surface area contributed by atoms with E-state index in [0.717, 1.165) is 10.5 Å². The Kier molecular flexibility index (Phi) is 8.55. The fourth-order valence-corrected chi connectivity index (χ4v) is 5.43. The molecule has 15 heteroatoms. The van der Waals surface area contributed by atoms with Crippen LogP contribution in [0, 0.1) is 24.6 Å². The van der Waals surface area contributed by atoms with Crippen molar-refractivity contribution in [3.8, 4) is 23.1 Å². The number of aromatic nitrogens is 6. The largest absolute Gasteiger partial charge is 0.364 e. The number of carbonyl (C=O) groups excluding carboxylic acids is 3. The van der Waals surface area contributed by atoms with Gasteiger partial charge in [-0.15, -0.1) is 0 Å². The number of amides is 3. The van der Waals surface area contributed by atoms with Gasteiger partial charge in [-0.2, -0.15) is 5.10 Å². The minimum Gasteiger partial charge on any atom is -0.364 e. The highest BCUT2D eigenvalue weighted by molar-refractivity contribution is 6.33. The Morgan fingerprint density at radius 2 is 1.89 bits per heavy atom. The van der Waals surface area contributed by atoms with E-state index in [2.05, 4.69) is 42.2 Å². The van der Waals surface area contributed by atoms with Gasteiger partial charge in [-0.3, -0.25) is 24.0 Å². The van der Waals surface area contributed by atoms with Crippen molar-refractivity contribution in [3.63, 3.8) is 0 Å². The smallest absolute Gasteiger partial charge is 0.269 e. The van der Waals surface area contributed by atoms with Crippen LogP contribution in [-0.4, -0.2) is 71.1 Å². The summed E-state index contributed by atoms with van der Waals surface area (Å²) in [6.07, 6.45) is 4.07. The number of hydrogen-bond donors (Lipinski definition) is 2. The van der Waals surface area contributed by atoms with E-state index in [4.69, 9.17) is 17.3 Å².